The van der Waals surface area contributed by atoms with Crippen molar-refractivity contribution in [2.24, 2.45) is 29.6 Å². The molecule has 2 bridgehead atoms. The molecular weight excluding hydrogens is 411 g/mol. The van der Waals surface area contributed by atoms with E-state index >= 15 is 0 Å². The van der Waals surface area contributed by atoms with Crippen LogP contribution in [0.1, 0.15) is 91.4 Å². The maximum absolute atomic E-state index is 7.13. The van der Waals surface area contributed by atoms with Crippen LogP contribution >= 0.6 is 0 Å². The van der Waals surface area contributed by atoms with E-state index < -0.39 is 18.8 Å². The van der Waals surface area contributed by atoms with Gasteiger partial charge in [-0.15, -0.1) is 0 Å². The van der Waals surface area contributed by atoms with Gasteiger partial charge in [-0.05, 0) is 0 Å². The van der Waals surface area contributed by atoms with Crippen LogP contribution in [0.25, 0.3) is 0 Å². The van der Waals surface area contributed by atoms with Crippen molar-refractivity contribution in [3.8, 4) is 0 Å². The first-order chi connectivity index (χ1) is 12.2. The van der Waals surface area contributed by atoms with Gasteiger partial charge >= 0.3 is 163 Å². The van der Waals surface area contributed by atoms with E-state index in [1.54, 1.807) is 19.3 Å². The third-order valence-electron chi connectivity index (χ3n) is 8.13. The van der Waals surface area contributed by atoms with Gasteiger partial charge in [0.2, 0.25) is 0 Å². The molecule has 0 aromatic carbocycles. The molecule has 3 saturated carbocycles. The Labute approximate surface area is 162 Å². The number of hydrogen-bond acceptors (Lipinski definition) is 1. The Morgan fingerprint density at radius 2 is 1.36 bits per heavy atom. The minimum atomic E-state index is -2.35. The van der Waals surface area contributed by atoms with Crippen LogP contribution in [-0.4, -0.2) is 25.4 Å². The number of unbranched alkanes of at least 4 members (excludes halogenated alkanes) is 3. The third-order valence-corrected chi connectivity index (χ3v) is 21.2. The van der Waals surface area contributed by atoms with E-state index in [0.717, 1.165) is 29.6 Å². The van der Waals surface area contributed by atoms with Crippen molar-refractivity contribution in [2.75, 3.05) is 6.61 Å². The molecule has 3 aliphatic rings. The van der Waals surface area contributed by atoms with Gasteiger partial charge in [0.25, 0.3) is 0 Å². The van der Waals surface area contributed by atoms with E-state index in [9.17, 15) is 0 Å². The summed E-state index contributed by atoms with van der Waals surface area (Å²) in [6.45, 7) is 8.28. The van der Waals surface area contributed by atoms with Crippen molar-refractivity contribution in [1.82, 2.24) is 0 Å². The SMILES string of the molecule is CCC[CH2][Sn]([CH2]CCC)([CH2]CCC)[O]CC1CC2CC1C1CCCC21. The maximum atomic E-state index is 7.13. The van der Waals surface area contributed by atoms with E-state index in [0.29, 0.717) is 0 Å². The second-order valence-electron chi connectivity index (χ2n) is 9.72. The molecule has 5 atom stereocenters. The minimum absolute atomic E-state index is 0.949. The monoisotopic (exact) mass is 456 g/mol. The molecule has 0 aromatic heterocycles. The molecule has 5 unspecified atom stereocenters. The number of fused-ring (bicyclic) bond motifs is 5. The van der Waals surface area contributed by atoms with Crippen LogP contribution in [0.2, 0.25) is 13.3 Å². The third kappa shape index (κ3) is 4.79. The van der Waals surface area contributed by atoms with Gasteiger partial charge in [-0.2, -0.15) is 0 Å². The van der Waals surface area contributed by atoms with Crippen LogP contribution in [0.5, 0.6) is 0 Å². The second-order valence-corrected chi connectivity index (χ2v) is 21.6. The number of hydrogen-bond donors (Lipinski definition) is 0. The van der Waals surface area contributed by atoms with Crippen LogP contribution in [0.15, 0.2) is 0 Å². The quantitative estimate of drug-likeness (QED) is 0.278. The summed E-state index contributed by atoms with van der Waals surface area (Å²) in [5, 5.41) is 0. The Morgan fingerprint density at radius 3 is 1.96 bits per heavy atom. The molecule has 1 nitrogen and oxygen atoms in total. The van der Waals surface area contributed by atoms with Gasteiger partial charge in [0.1, 0.15) is 0 Å². The van der Waals surface area contributed by atoms with Crippen LogP contribution in [0.3, 0.4) is 0 Å². The summed E-state index contributed by atoms with van der Waals surface area (Å²) < 4.78 is 11.7. The van der Waals surface area contributed by atoms with Crippen LogP contribution in [0.4, 0.5) is 0 Å². The average molecular weight is 455 g/mol. The summed E-state index contributed by atoms with van der Waals surface area (Å²) in [5.74, 6) is 5.35. The van der Waals surface area contributed by atoms with Crippen molar-refractivity contribution in [2.45, 2.75) is 105 Å². The van der Waals surface area contributed by atoms with E-state index in [1.165, 1.54) is 71.3 Å². The fourth-order valence-corrected chi connectivity index (χ4v) is 20.3. The van der Waals surface area contributed by atoms with Crippen LogP contribution < -0.4 is 0 Å². The molecule has 0 N–H and O–H groups in total. The Bertz CT molecular complexity index is 374. The van der Waals surface area contributed by atoms with Gasteiger partial charge in [0.15, 0.2) is 0 Å². The fraction of sp³-hybridized carbons (Fsp3) is 1.00. The first kappa shape index (κ1) is 20.5. The summed E-state index contributed by atoms with van der Waals surface area (Å²) in [6.07, 6.45) is 16.1. The standard InChI is InChI=1S/C11H17O.3C4H9.Sn/c12-6-8-4-7-5-11(8)10-3-1-2-9(7)10;3*1-3-4-2;/h7-11H,1-6H2;3*1,3-4H2,2H3;/q-1;;;;+1. The summed E-state index contributed by atoms with van der Waals surface area (Å²) >= 11 is -2.35. The molecule has 0 spiro atoms. The van der Waals surface area contributed by atoms with Gasteiger partial charge in [-0.1, -0.05) is 0 Å². The Hall–Kier alpha value is 0.759. The molecule has 0 heterocycles. The molecule has 0 saturated heterocycles. The molecule has 0 amide bonds. The van der Waals surface area contributed by atoms with Gasteiger partial charge in [0.05, 0.1) is 0 Å². The summed E-state index contributed by atoms with van der Waals surface area (Å²) in [7, 11) is 0. The zero-order chi connectivity index (χ0) is 17.7. The molecule has 3 fully saturated rings. The van der Waals surface area contributed by atoms with Crippen molar-refractivity contribution < 1.29 is 3.07 Å². The van der Waals surface area contributed by atoms with Crippen LogP contribution in [-0.2, 0) is 3.07 Å². The van der Waals surface area contributed by atoms with Crippen LogP contribution in [0, 0.1) is 29.6 Å². The normalized spacial score (nSPS) is 34.0. The fourth-order valence-electron chi connectivity index (χ4n) is 6.77. The zero-order valence-electron chi connectivity index (χ0n) is 17.4. The van der Waals surface area contributed by atoms with Crippen molar-refractivity contribution in [3.63, 3.8) is 0 Å². The predicted molar refractivity (Wildman–Crippen MR) is 111 cm³/mol. The van der Waals surface area contributed by atoms with E-state index in [-0.39, 0.29) is 0 Å². The molecular formula is C23H44OSn. The summed E-state index contributed by atoms with van der Waals surface area (Å²) in [6, 6.07) is 0. The van der Waals surface area contributed by atoms with Gasteiger partial charge in [-0.25, -0.2) is 0 Å². The first-order valence-electron chi connectivity index (χ1n) is 11.9. The predicted octanol–water partition coefficient (Wildman–Crippen LogP) is 7.42. The van der Waals surface area contributed by atoms with Crippen molar-refractivity contribution >= 4 is 18.8 Å². The van der Waals surface area contributed by atoms with Gasteiger partial charge in [-0.3, -0.25) is 0 Å². The zero-order valence-corrected chi connectivity index (χ0v) is 20.3. The summed E-state index contributed by atoms with van der Waals surface area (Å²) in [5.41, 5.74) is 0. The molecule has 0 radical (unpaired) electrons. The Balaban J connectivity index is 1.58. The topological polar surface area (TPSA) is 9.23 Å². The molecule has 0 aromatic rings. The molecule has 25 heavy (non-hydrogen) atoms. The average Bonchev–Trinajstić information content (AvgIpc) is 3.33. The second kappa shape index (κ2) is 9.80. The van der Waals surface area contributed by atoms with Crippen molar-refractivity contribution in [1.29, 1.82) is 0 Å². The molecule has 146 valence electrons. The molecule has 3 rings (SSSR count). The van der Waals surface area contributed by atoms with E-state index in [2.05, 4.69) is 20.8 Å². The van der Waals surface area contributed by atoms with E-state index in [4.69, 9.17) is 3.07 Å². The number of rotatable bonds is 12. The van der Waals surface area contributed by atoms with Gasteiger partial charge in [0, 0.05) is 0 Å². The molecule has 0 aliphatic heterocycles. The summed E-state index contributed by atoms with van der Waals surface area (Å²) in [4.78, 5) is 0. The molecule has 3 aliphatic carbocycles. The Morgan fingerprint density at radius 1 is 0.760 bits per heavy atom. The van der Waals surface area contributed by atoms with Crippen molar-refractivity contribution in [3.05, 3.63) is 0 Å². The Kier molecular flexibility index (Phi) is 8.03. The molecule has 2 heteroatoms. The van der Waals surface area contributed by atoms with E-state index in [1.807, 2.05) is 0 Å². The van der Waals surface area contributed by atoms with Gasteiger partial charge < -0.3 is 0 Å². The first-order valence-corrected chi connectivity index (χ1v) is 19.1.